The van der Waals surface area contributed by atoms with Crippen LogP contribution >= 0.6 is 0 Å². The van der Waals surface area contributed by atoms with Crippen molar-refractivity contribution in [3.63, 3.8) is 0 Å². The number of amides is 1. The van der Waals surface area contributed by atoms with Gasteiger partial charge in [-0.25, -0.2) is 0 Å². The van der Waals surface area contributed by atoms with Crippen molar-refractivity contribution >= 4 is 5.91 Å². The van der Waals surface area contributed by atoms with Gasteiger partial charge in [0.05, 0.1) is 0 Å². The Morgan fingerprint density at radius 2 is 2.44 bits per heavy atom. The van der Waals surface area contributed by atoms with E-state index < -0.39 is 0 Å². The Hall–Kier alpha value is -0.990. The molecule has 0 bridgehead atoms. The third-order valence-corrected chi connectivity index (χ3v) is 1.51. The topological polar surface area (TPSA) is 23.6 Å². The molecule has 9 heavy (non-hydrogen) atoms. The molecule has 0 aromatic heterocycles. The lowest BCUT2D eigenvalue weighted by Gasteiger charge is -2.20. The van der Waals surface area contributed by atoms with Crippen LogP contribution < -0.4 is 0 Å². The molecule has 1 fully saturated rings. The molecule has 3 heteroatoms. The first-order valence-electron chi connectivity index (χ1n) is 2.91. The van der Waals surface area contributed by atoms with Crippen LogP contribution in [-0.2, 0) is 4.79 Å². The van der Waals surface area contributed by atoms with Crippen molar-refractivity contribution in [2.45, 2.75) is 6.42 Å². The summed E-state index contributed by atoms with van der Waals surface area (Å²) in [5, 5.41) is 3.37. The molecular weight excluding hydrogens is 116 g/mol. The van der Waals surface area contributed by atoms with Crippen LogP contribution in [0.15, 0.2) is 12.8 Å². The van der Waals surface area contributed by atoms with Crippen LogP contribution in [0.25, 0.3) is 0 Å². The molecular formula is C6H10N2O. The summed E-state index contributed by atoms with van der Waals surface area (Å²) < 4.78 is 0. The fraction of sp³-hybridized carbons (Fsp3) is 0.500. The number of nitrogens with zero attached hydrogens (tertiary/aromatic N) is 2. The van der Waals surface area contributed by atoms with E-state index in [2.05, 4.69) is 6.58 Å². The number of hydrogen-bond acceptors (Lipinski definition) is 2. The van der Waals surface area contributed by atoms with E-state index in [0.29, 0.717) is 6.42 Å². The van der Waals surface area contributed by atoms with Gasteiger partial charge in [0.15, 0.2) is 0 Å². The number of hydrogen-bond donors (Lipinski definition) is 0. The molecule has 0 radical (unpaired) electrons. The van der Waals surface area contributed by atoms with E-state index in [4.69, 9.17) is 0 Å². The highest BCUT2D eigenvalue weighted by Gasteiger charge is 2.21. The summed E-state index contributed by atoms with van der Waals surface area (Å²) >= 11 is 0. The first-order chi connectivity index (χ1) is 4.25. The molecule has 1 aliphatic heterocycles. The van der Waals surface area contributed by atoms with Gasteiger partial charge in [0.1, 0.15) is 0 Å². The Balaban J connectivity index is 2.61. The van der Waals surface area contributed by atoms with Crippen LogP contribution in [0.1, 0.15) is 6.42 Å². The smallest absolute Gasteiger partial charge is 0.242 e. The first-order valence-corrected chi connectivity index (χ1v) is 2.91. The molecule has 1 aliphatic rings. The maximum atomic E-state index is 10.8. The molecule has 1 heterocycles. The molecule has 0 unspecified atom stereocenters. The molecule has 0 aliphatic carbocycles. The highest BCUT2D eigenvalue weighted by atomic mass is 16.2. The molecule has 0 saturated carbocycles. The van der Waals surface area contributed by atoms with Gasteiger partial charge in [0, 0.05) is 26.2 Å². The Bertz CT molecular complexity index is 144. The maximum Gasteiger partial charge on any atom is 0.242 e. The second-order valence-electron chi connectivity index (χ2n) is 2.01. The SMILES string of the molecule is C=CN1CCC(=O)N1C. The Morgan fingerprint density at radius 3 is 2.67 bits per heavy atom. The fourth-order valence-electron chi connectivity index (χ4n) is 0.879. The molecule has 1 amide bonds. The highest BCUT2D eigenvalue weighted by molar-refractivity contribution is 5.77. The molecule has 0 aromatic carbocycles. The van der Waals surface area contributed by atoms with Crippen molar-refractivity contribution in [3.05, 3.63) is 12.8 Å². The highest BCUT2D eigenvalue weighted by Crippen LogP contribution is 2.07. The van der Waals surface area contributed by atoms with Crippen LogP contribution in [0.5, 0.6) is 0 Å². The van der Waals surface area contributed by atoms with Gasteiger partial charge in [0.25, 0.3) is 0 Å². The number of rotatable bonds is 1. The summed E-state index contributed by atoms with van der Waals surface area (Å²) in [4.78, 5) is 10.8. The van der Waals surface area contributed by atoms with Gasteiger partial charge in [-0.05, 0) is 0 Å². The van der Waals surface area contributed by atoms with Gasteiger partial charge in [-0.3, -0.25) is 14.8 Å². The quantitative estimate of drug-likeness (QED) is 0.501. The molecule has 0 spiro atoms. The van der Waals surface area contributed by atoms with Gasteiger partial charge in [-0.15, -0.1) is 0 Å². The van der Waals surface area contributed by atoms with Crippen LogP contribution in [0.4, 0.5) is 0 Å². The van der Waals surface area contributed by atoms with Crippen molar-refractivity contribution in [1.29, 1.82) is 0 Å². The third-order valence-electron chi connectivity index (χ3n) is 1.51. The first kappa shape index (κ1) is 6.13. The van der Waals surface area contributed by atoms with Crippen molar-refractivity contribution in [1.82, 2.24) is 10.0 Å². The molecule has 1 rings (SSSR count). The zero-order valence-corrected chi connectivity index (χ0v) is 5.50. The van der Waals surface area contributed by atoms with Gasteiger partial charge in [-0.2, -0.15) is 0 Å². The van der Waals surface area contributed by atoms with E-state index in [0.717, 1.165) is 6.54 Å². The average molecular weight is 126 g/mol. The Kier molecular flexibility index (Phi) is 1.42. The van der Waals surface area contributed by atoms with Gasteiger partial charge in [-0.1, -0.05) is 6.58 Å². The molecule has 0 atom stereocenters. The van der Waals surface area contributed by atoms with E-state index in [-0.39, 0.29) is 5.91 Å². The zero-order valence-electron chi connectivity index (χ0n) is 5.50. The van der Waals surface area contributed by atoms with Gasteiger partial charge < -0.3 is 0 Å². The summed E-state index contributed by atoms with van der Waals surface area (Å²) in [5.41, 5.74) is 0. The largest absolute Gasteiger partial charge is 0.291 e. The standard InChI is InChI=1S/C6H10N2O/c1-3-8-5-4-6(9)7(8)2/h3H,1,4-5H2,2H3. The van der Waals surface area contributed by atoms with Crippen LogP contribution in [0.2, 0.25) is 0 Å². The lowest BCUT2D eigenvalue weighted by Crippen LogP contribution is -2.30. The Labute approximate surface area is 54.5 Å². The maximum absolute atomic E-state index is 10.8. The minimum absolute atomic E-state index is 0.162. The fourth-order valence-corrected chi connectivity index (χ4v) is 0.879. The summed E-state index contributed by atoms with van der Waals surface area (Å²) in [5.74, 6) is 0.162. The van der Waals surface area contributed by atoms with Crippen LogP contribution in [-0.4, -0.2) is 29.5 Å². The Morgan fingerprint density at radius 1 is 1.78 bits per heavy atom. The zero-order chi connectivity index (χ0) is 6.85. The number of carbonyl (C=O) groups is 1. The van der Waals surface area contributed by atoms with Crippen molar-refractivity contribution < 1.29 is 4.79 Å². The summed E-state index contributed by atoms with van der Waals surface area (Å²) in [7, 11) is 1.75. The van der Waals surface area contributed by atoms with Crippen LogP contribution in [0, 0.1) is 0 Å². The predicted molar refractivity (Wildman–Crippen MR) is 34.3 cm³/mol. The van der Waals surface area contributed by atoms with E-state index >= 15 is 0 Å². The van der Waals surface area contributed by atoms with E-state index in [1.54, 1.807) is 23.3 Å². The molecule has 0 aromatic rings. The number of carbonyl (C=O) groups excluding carboxylic acids is 1. The molecule has 1 saturated heterocycles. The normalized spacial score (nSPS) is 19.0. The van der Waals surface area contributed by atoms with Gasteiger partial charge in [0.2, 0.25) is 5.91 Å². The second kappa shape index (κ2) is 2.09. The second-order valence-corrected chi connectivity index (χ2v) is 2.01. The predicted octanol–water partition coefficient (Wildman–Crippen LogP) is 0.209. The minimum Gasteiger partial charge on any atom is -0.291 e. The number of hydrazine groups is 1. The third kappa shape index (κ3) is 0.896. The molecule has 0 N–H and O–H groups in total. The van der Waals surface area contributed by atoms with Crippen LogP contribution in [0.3, 0.4) is 0 Å². The summed E-state index contributed by atoms with van der Waals surface area (Å²) in [6.07, 6.45) is 2.27. The lowest BCUT2D eigenvalue weighted by molar-refractivity contribution is -0.132. The lowest BCUT2D eigenvalue weighted by atomic mass is 10.4. The molecule has 3 nitrogen and oxygen atoms in total. The van der Waals surface area contributed by atoms with Crippen molar-refractivity contribution in [3.8, 4) is 0 Å². The van der Waals surface area contributed by atoms with Crippen molar-refractivity contribution in [2.75, 3.05) is 13.6 Å². The van der Waals surface area contributed by atoms with Gasteiger partial charge >= 0.3 is 0 Å². The van der Waals surface area contributed by atoms with E-state index in [9.17, 15) is 4.79 Å². The molecule has 50 valence electrons. The van der Waals surface area contributed by atoms with E-state index in [1.165, 1.54) is 0 Å². The summed E-state index contributed by atoms with van der Waals surface area (Å²) in [6.45, 7) is 4.34. The van der Waals surface area contributed by atoms with Crippen molar-refractivity contribution in [2.24, 2.45) is 0 Å². The monoisotopic (exact) mass is 126 g/mol. The minimum atomic E-state index is 0.162. The van der Waals surface area contributed by atoms with E-state index in [1.807, 2.05) is 0 Å². The summed E-state index contributed by atoms with van der Waals surface area (Å²) in [6, 6.07) is 0. The average Bonchev–Trinajstić information content (AvgIpc) is 2.15.